The Labute approximate surface area is 207 Å². The van der Waals surface area contributed by atoms with Gasteiger partial charge in [0.15, 0.2) is 0 Å². The van der Waals surface area contributed by atoms with Crippen molar-refractivity contribution in [3.8, 4) is 0 Å². The molecule has 0 bridgehead atoms. The molecule has 0 aromatic heterocycles. The number of benzene rings is 3. The van der Waals surface area contributed by atoms with Crippen molar-refractivity contribution in [3.63, 3.8) is 0 Å². The zero-order valence-electron chi connectivity index (χ0n) is 20.3. The summed E-state index contributed by atoms with van der Waals surface area (Å²) in [6.07, 6.45) is 0.544. The maximum Gasteiger partial charge on any atom is 0.243 e. The Morgan fingerprint density at radius 2 is 1.56 bits per heavy atom. The lowest BCUT2D eigenvalue weighted by molar-refractivity contribution is -0.141. The first-order chi connectivity index (χ1) is 16.1. The van der Waals surface area contributed by atoms with Crippen molar-refractivity contribution in [2.24, 2.45) is 0 Å². The second-order valence-electron chi connectivity index (χ2n) is 9.72. The fraction of sp³-hybridized carbons (Fsp3) is 0.310. The van der Waals surface area contributed by atoms with Crippen LogP contribution in [0.1, 0.15) is 43.0 Å². The van der Waals surface area contributed by atoms with E-state index >= 15 is 0 Å². The minimum absolute atomic E-state index is 0.125. The molecule has 3 aromatic rings. The highest BCUT2D eigenvalue weighted by molar-refractivity contribution is 6.31. The fourth-order valence-corrected chi connectivity index (χ4v) is 4.12. The Hall–Kier alpha value is -3.11. The van der Waals surface area contributed by atoms with Crippen LogP contribution in [0.4, 0.5) is 0 Å². The van der Waals surface area contributed by atoms with Crippen LogP contribution in [0.15, 0.2) is 78.9 Å². The second-order valence-corrected chi connectivity index (χ2v) is 10.1. The molecule has 0 fully saturated rings. The zero-order chi connectivity index (χ0) is 24.7. The minimum atomic E-state index is -0.669. The number of aryl methyl sites for hydroxylation is 1. The molecule has 5 heteroatoms. The first kappa shape index (κ1) is 25.5. The van der Waals surface area contributed by atoms with Gasteiger partial charge in [-0.15, -0.1) is 0 Å². The molecule has 0 unspecified atom stereocenters. The maximum absolute atomic E-state index is 13.7. The molecule has 0 aliphatic carbocycles. The summed E-state index contributed by atoms with van der Waals surface area (Å²) in [6.45, 7) is 8.19. The van der Waals surface area contributed by atoms with Crippen molar-refractivity contribution in [3.05, 3.63) is 106 Å². The molecular formula is C29H33ClN2O2. The average molecular weight is 477 g/mol. The van der Waals surface area contributed by atoms with Crippen LogP contribution in [0.3, 0.4) is 0 Å². The van der Waals surface area contributed by atoms with E-state index in [1.165, 1.54) is 0 Å². The molecule has 2 amide bonds. The van der Waals surface area contributed by atoms with Crippen LogP contribution in [0.5, 0.6) is 0 Å². The predicted octanol–water partition coefficient (Wildman–Crippen LogP) is 5.75. The number of carbonyl (C=O) groups is 2. The summed E-state index contributed by atoms with van der Waals surface area (Å²) in [5.74, 6) is -0.309. The highest BCUT2D eigenvalue weighted by atomic mass is 35.5. The van der Waals surface area contributed by atoms with Crippen LogP contribution < -0.4 is 5.32 Å². The summed E-state index contributed by atoms with van der Waals surface area (Å²) < 4.78 is 0. The van der Waals surface area contributed by atoms with E-state index < -0.39 is 11.6 Å². The van der Waals surface area contributed by atoms with Gasteiger partial charge in [-0.05, 0) is 50.5 Å². The second kappa shape index (κ2) is 11.3. The van der Waals surface area contributed by atoms with Crippen LogP contribution in [-0.2, 0) is 29.0 Å². The van der Waals surface area contributed by atoms with Crippen LogP contribution in [-0.4, -0.2) is 28.3 Å². The molecular weight excluding hydrogens is 444 g/mol. The topological polar surface area (TPSA) is 49.4 Å². The Balaban J connectivity index is 2.00. The molecule has 0 radical (unpaired) electrons. The lowest BCUT2D eigenvalue weighted by Gasteiger charge is -2.34. The first-order valence-electron chi connectivity index (χ1n) is 11.6. The third kappa shape index (κ3) is 7.46. The number of nitrogens with one attached hydrogen (secondary N) is 1. The lowest BCUT2D eigenvalue weighted by Crippen LogP contribution is -2.54. The molecule has 3 rings (SSSR count). The summed E-state index contributed by atoms with van der Waals surface area (Å²) in [4.78, 5) is 29.0. The monoisotopic (exact) mass is 476 g/mol. The number of rotatable bonds is 8. The van der Waals surface area contributed by atoms with Gasteiger partial charge in [-0.25, -0.2) is 0 Å². The SMILES string of the molecule is Cc1cccc(CN(C(=O)Cc2ccccc2Cl)[C@@H](Cc2ccccc2)C(=O)NC(C)(C)C)c1. The fourth-order valence-electron chi connectivity index (χ4n) is 3.92. The molecule has 178 valence electrons. The molecule has 4 nitrogen and oxygen atoms in total. The Morgan fingerprint density at radius 3 is 2.21 bits per heavy atom. The van der Waals surface area contributed by atoms with Crippen LogP contribution in [0.25, 0.3) is 0 Å². The Bertz CT molecular complexity index is 1120. The van der Waals surface area contributed by atoms with E-state index in [9.17, 15) is 9.59 Å². The van der Waals surface area contributed by atoms with Gasteiger partial charge in [0, 0.05) is 23.5 Å². The molecule has 0 spiro atoms. The van der Waals surface area contributed by atoms with Crippen molar-refractivity contribution >= 4 is 23.4 Å². The average Bonchev–Trinajstić information content (AvgIpc) is 2.77. The molecule has 0 aliphatic rings. The molecule has 0 saturated carbocycles. The van der Waals surface area contributed by atoms with Gasteiger partial charge < -0.3 is 10.2 Å². The van der Waals surface area contributed by atoms with E-state index in [0.717, 1.165) is 22.3 Å². The highest BCUT2D eigenvalue weighted by Gasteiger charge is 2.32. The number of halogens is 1. The number of hydrogen-bond donors (Lipinski definition) is 1. The molecule has 3 aromatic carbocycles. The van der Waals surface area contributed by atoms with Gasteiger partial charge in [-0.1, -0.05) is 90.0 Å². The summed E-state index contributed by atoms with van der Waals surface area (Å²) in [5, 5.41) is 3.63. The van der Waals surface area contributed by atoms with Crippen LogP contribution >= 0.6 is 11.6 Å². The van der Waals surface area contributed by atoms with E-state index in [1.54, 1.807) is 11.0 Å². The smallest absolute Gasteiger partial charge is 0.243 e. The maximum atomic E-state index is 13.7. The number of hydrogen-bond acceptors (Lipinski definition) is 2. The van der Waals surface area contributed by atoms with Gasteiger partial charge in [0.25, 0.3) is 0 Å². The summed E-state index contributed by atoms with van der Waals surface area (Å²) in [6, 6.07) is 24.5. The van der Waals surface area contributed by atoms with Crippen molar-refractivity contribution < 1.29 is 9.59 Å². The van der Waals surface area contributed by atoms with Crippen molar-refractivity contribution in [2.75, 3.05) is 0 Å². The third-order valence-electron chi connectivity index (χ3n) is 5.50. The lowest BCUT2D eigenvalue weighted by atomic mass is 9.99. The number of amides is 2. The molecule has 0 aliphatic heterocycles. The van der Waals surface area contributed by atoms with Gasteiger partial charge in [0.05, 0.1) is 6.42 Å². The van der Waals surface area contributed by atoms with Crippen molar-refractivity contribution in [1.82, 2.24) is 10.2 Å². The zero-order valence-corrected chi connectivity index (χ0v) is 21.1. The summed E-state index contributed by atoms with van der Waals surface area (Å²) >= 11 is 6.36. The van der Waals surface area contributed by atoms with Crippen molar-refractivity contribution in [1.29, 1.82) is 0 Å². The Kier molecular flexibility index (Phi) is 8.51. The van der Waals surface area contributed by atoms with Gasteiger partial charge >= 0.3 is 0 Å². The van der Waals surface area contributed by atoms with Gasteiger partial charge in [-0.3, -0.25) is 9.59 Å². The van der Waals surface area contributed by atoms with Gasteiger partial charge in [0.1, 0.15) is 6.04 Å². The predicted molar refractivity (Wildman–Crippen MR) is 139 cm³/mol. The molecule has 1 N–H and O–H groups in total. The van der Waals surface area contributed by atoms with Crippen LogP contribution in [0.2, 0.25) is 5.02 Å². The standard InChI is InChI=1S/C29H33ClN2O2/c1-21-11-10-14-23(17-21)20-32(27(33)19-24-15-8-9-16-25(24)30)26(28(34)31-29(2,3)4)18-22-12-6-5-7-13-22/h5-17,26H,18-20H2,1-4H3,(H,31,34)/t26-/m0/s1. The first-order valence-corrected chi connectivity index (χ1v) is 11.9. The minimum Gasteiger partial charge on any atom is -0.350 e. The molecule has 1 atom stereocenters. The third-order valence-corrected chi connectivity index (χ3v) is 5.87. The number of carbonyl (C=O) groups excluding carboxylic acids is 2. The quantitative estimate of drug-likeness (QED) is 0.450. The summed E-state index contributed by atoms with van der Waals surface area (Å²) in [5.41, 5.74) is 3.41. The number of nitrogens with zero attached hydrogens (tertiary/aromatic N) is 1. The van der Waals surface area contributed by atoms with E-state index in [1.807, 2.05) is 94.4 Å². The van der Waals surface area contributed by atoms with Gasteiger partial charge in [0.2, 0.25) is 11.8 Å². The van der Waals surface area contributed by atoms with E-state index in [2.05, 4.69) is 11.4 Å². The van der Waals surface area contributed by atoms with Crippen LogP contribution in [0, 0.1) is 6.92 Å². The molecule has 0 heterocycles. The normalized spacial score (nSPS) is 12.1. The van der Waals surface area contributed by atoms with Gasteiger partial charge in [-0.2, -0.15) is 0 Å². The molecule has 34 heavy (non-hydrogen) atoms. The van der Waals surface area contributed by atoms with Crippen molar-refractivity contribution in [2.45, 2.75) is 58.7 Å². The molecule has 0 saturated heterocycles. The summed E-state index contributed by atoms with van der Waals surface area (Å²) in [7, 11) is 0. The highest BCUT2D eigenvalue weighted by Crippen LogP contribution is 2.21. The Morgan fingerprint density at radius 1 is 0.912 bits per heavy atom. The van der Waals surface area contributed by atoms with E-state index in [-0.39, 0.29) is 18.2 Å². The van der Waals surface area contributed by atoms with E-state index in [4.69, 9.17) is 11.6 Å². The largest absolute Gasteiger partial charge is 0.350 e. The van der Waals surface area contributed by atoms with E-state index in [0.29, 0.717) is 18.0 Å².